The number of amides is 1. The molecule has 1 amide bonds. The van der Waals surface area contributed by atoms with Crippen molar-refractivity contribution in [1.82, 2.24) is 9.88 Å². The molecule has 0 atom stereocenters. The molecule has 0 fully saturated rings. The highest BCUT2D eigenvalue weighted by Crippen LogP contribution is 2.34. The summed E-state index contributed by atoms with van der Waals surface area (Å²) in [5, 5.41) is 0.978. The Kier molecular flexibility index (Phi) is 5.15. The number of aromatic nitrogens is 1. The Hall–Kier alpha value is -3.08. The second-order valence-electron chi connectivity index (χ2n) is 6.79. The molecule has 28 heavy (non-hydrogen) atoms. The van der Waals surface area contributed by atoms with Crippen molar-refractivity contribution in [3.05, 3.63) is 65.4 Å². The number of benzene rings is 2. The number of nitrogens with zero attached hydrogens (tertiary/aromatic N) is 2. The number of hydrogen-bond donors (Lipinski definition) is 0. The van der Waals surface area contributed by atoms with Crippen LogP contribution < -0.4 is 9.47 Å². The quantitative estimate of drug-likeness (QED) is 0.669. The van der Waals surface area contributed by atoms with Crippen LogP contribution in [-0.2, 0) is 13.0 Å². The van der Waals surface area contributed by atoms with Crippen molar-refractivity contribution in [3.8, 4) is 11.5 Å². The first-order chi connectivity index (χ1) is 13.7. The molecule has 0 bridgehead atoms. The highest BCUT2D eigenvalue weighted by atomic mass is 16.5. The third kappa shape index (κ3) is 3.40. The van der Waals surface area contributed by atoms with Gasteiger partial charge < -0.3 is 14.4 Å². The molecule has 144 valence electrons. The van der Waals surface area contributed by atoms with Crippen LogP contribution in [0.1, 0.15) is 35.3 Å². The Bertz CT molecular complexity index is 1010. The van der Waals surface area contributed by atoms with E-state index in [4.69, 9.17) is 9.47 Å². The van der Waals surface area contributed by atoms with Gasteiger partial charge in [0, 0.05) is 24.7 Å². The molecule has 0 saturated carbocycles. The average Bonchev–Trinajstić information content (AvgIpc) is 2.73. The normalized spacial score (nSPS) is 13.3. The predicted octanol–water partition coefficient (Wildman–Crippen LogP) is 4.23. The van der Waals surface area contributed by atoms with Gasteiger partial charge in [-0.3, -0.25) is 9.78 Å². The number of rotatable bonds is 5. The molecular weight excluding hydrogens is 352 g/mol. The number of fused-ring (bicyclic) bond motifs is 2. The minimum atomic E-state index is 0.0156. The topological polar surface area (TPSA) is 51.7 Å². The maximum Gasteiger partial charge on any atom is 0.256 e. The van der Waals surface area contributed by atoms with Gasteiger partial charge in [0.2, 0.25) is 0 Å². The monoisotopic (exact) mass is 376 g/mol. The van der Waals surface area contributed by atoms with Gasteiger partial charge in [-0.15, -0.1) is 0 Å². The van der Waals surface area contributed by atoms with Crippen molar-refractivity contribution in [1.29, 1.82) is 0 Å². The Balaban J connectivity index is 1.64. The summed E-state index contributed by atoms with van der Waals surface area (Å²) in [4.78, 5) is 19.6. The molecule has 1 aromatic heterocycles. The van der Waals surface area contributed by atoms with E-state index in [1.165, 1.54) is 5.56 Å². The van der Waals surface area contributed by atoms with Crippen molar-refractivity contribution in [2.75, 3.05) is 19.8 Å². The van der Waals surface area contributed by atoms with E-state index in [1.807, 2.05) is 55.1 Å². The van der Waals surface area contributed by atoms with E-state index < -0.39 is 0 Å². The first kappa shape index (κ1) is 18.3. The number of ether oxygens (including phenoxy) is 2. The second-order valence-corrected chi connectivity index (χ2v) is 6.79. The van der Waals surface area contributed by atoms with E-state index in [0.29, 0.717) is 31.9 Å². The molecule has 0 radical (unpaired) electrons. The van der Waals surface area contributed by atoms with E-state index in [9.17, 15) is 4.79 Å². The van der Waals surface area contributed by atoms with Crippen molar-refractivity contribution in [3.63, 3.8) is 0 Å². The van der Waals surface area contributed by atoms with Crippen LogP contribution in [0.25, 0.3) is 10.9 Å². The third-order valence-corrected chi connectivity index (χ3v) is 5.03. The molecule has 5 heteroatoms. The van der Waals surface area contributed by atoms with Gasteiger partial charge in [-0.25, -0.2) is 0 Å². The van der Waals surface area contributed by atoms with Crippen LogP contribution in [0.5, 0.6) is 11.5 Å². The van der Waals surface area contributed by atoms with Gasteiger partial charge in [-0.1, -0.05) is 18.2 Å². The zero-order chi connectivity index (χ0) is 19.5. The Morgan fingerprint density at radius 1 is 1.04 bits per heavy atom. The standard InChI is InChI=1S/C23H24N2O3/c1-3-27-20-13-17-10-12-25(15-18(17)14-21(20)28-4-2)23(26)19-9-5-7-16-8-6-11-24-22(16)19/h5-9,11,13-14H,3-4,10,12,15H2,1-2H3. The Labute approximate surface area is 164 Å². The van der Waals surface area contributed by atoms with Gasteiger partial charge in [0.25, 0.3) is 5.91 Å². The molecule has 0 saturated heterocycles. The molecule has 3 aromatic rings. The average molecular weight is 376 g/mol. The van der Waals surface area contributed by atoms with Gasteiger partial charge in [0.15, 0.2) is 11.5 Å². The summed E-state index contributed by atoms with van der Waals surface area (Å²) in [6, 6.07) is 13.7. The lowest BCUT2D eigenvalue weighted by Crippen LogP contribution is -2.36. The molecule has 0 unspecified atom stereocenters. The van der Waals surface area contributed by atoms with E-state index in [2.05, 4.69) is 11.1 Å². The van der Waals surface area contributed by atoms with Gasteiger partial charge >= 0.3 is 0 Å². The summed E-state index contributed by atoms with van der Waals surface area (Å²) >= 11 is 0. The molecule has 0 spiro atoms. The molecule has 4 rings (SSSR count). The Morgan fingerprint density at radius 3 is 2.50 bits per heavy atom. The zero-order valence-electron chi connectivity index (χ0n) is 16.3. The van der Waals surface area contributed by atoms with Crippen molar-refractivity contribution in [2.24, 2.45) is 0 Å². The molecule has 2 aromatic carbocycles. The van der Waals surface area contributed by atoms with Crippen LogP contribution in [0.15, 0.2) is 48.7 Å². The van der Waals surface area contributed by atoms with Crippen molar-refractivity contribution >= 4 is 16.8 Å². The number of carbonyl (C=O) groups excluding carboxylic acids is 1. The lowest BCUT2D eigenvalue weighted by Gasteiger charge is -2.30. The fourth-order valence-electron chi connectivity index (χ4n) is 3.72. The number of hydrogen-bond acceptors (Lipinski definition) is 4. The summed E-state index contributed by atoms with van der Waals surface area (Å²) in [5.74, 6) is 1.53. The molecular formula is C23H24N2O3. The van der Waals surface area contributed by atoms with Crippen LogP contribution in [0.3, 0.4) is 0 Å². The SMILES string of the molecule is CCOc1cc2c(cc1OCC)CN(C(=O)c1cccc3cccnc13)CC2. The van der Waals surface area contributed by atoms with Crippen LogP contribution in [-0.4, -0.2) is 35.5 Å². The molecule has 2 heterocycles. The largest absolute Gasteiger partial charge is 0.490 e. The molecule has 0 aliphatic carbocycles. The van der Waals surface area contributed by atoms with E-state index in [-0.39, 0.29) is 5.91 Å². The van der Waals surface area contributed by atoms with Gasteiger partial charge in [-0.2, -0.15) is 0 Å². The molecule has 1 aliphatic heterocycles. The highest BCUT2D eigenvalue weighted by Gasteiger charge is 2.25. The molecule has 1 aliphatic rings. The number of para-hydroxylation sites is 1. The number of pyridine rings is 1. The van der Waals surface area contributed by atoms with Crippen LogP contribution >= 0.6 is 0 Å². The fraction of sp³-hybridized carbons (Fsp3) is 0.304. The van der Waals surface area contributed by atoms with Crippen molar-refractivity contribution in [2.45, 2.75) is 26.8 Å². The fourth-order valence-corrected chi connectivity index (χ4v) is 3.72. The summed E-state index contributed by atoms with van der Waals surface area (Å²) in [7, 11) is 0. The predicted molar refractivity (Wildman–Crippen MR) is 109 cm³/mol. The van der Waals surface area contributed by atoms with Crippen LogP contribution in [0.4, 0.5) is 0 Å². The molecule has 5 nitrogen and oxygen atoms in total. The smallest absolute Gasteiger partial charge is 0.256 e. The number of carbonyl (C=O) groups is 1. The van der Waals surface area contributed by atoms with Gasteiger partial charge in [0.05, 0.1) is 24.3 Å². The Morgan fingerprint density at radius 2 is 1.75 bits per heavy atom. The lowest BCUT2D eigenvalue weighted by molar-refractivity contribution is 0.0736. The summed E-state index contributed by atoms with van der Waals surface area (Å²) in [6.07, 6.45) is 2.53. The first-order valence-electron chi connectivity index (χ1n) is 9.75. The molecule has 0 N–H and O–H groups in total. The second kappa shape index (κ2) is 7.89. The minimum absolute atomic E-state index is 0.0156. The van der Waals surface area contributed by atoms with Crippen LogP contribution in [0, 0.1) is 0 Å². The van der Waals surface area contributed by atoms with E-state index in [0.717, 1.165) is 34.4 Å². The lowest BCUT2D eigenvalue weighted by atomic mass is 9.97. The summed E-state index contributed by atoms with van der Waals surface area (Å²) in [6.45, 7) is 6.32. The zero-order valence-corrected chi connectivity index (χ0v) is 16.3. The van der Waals surface area contributed by atoms with E-state index in [1.54, 1.807) is 6.20 Å². The summed E-state index contributed by atoms with van der Waals surface area (Å²) in [5.41, 5.74) is 3.73. The van der Waals surface area contributed by atoms with Gasteiger partial charge in [-0.05, 0) is 55.7 Å². The summed E-state index contributed by atoms with van der Waals surface area (Å²) < 4.78 is 11.5. The minimum Gasteiger partial charge on any atom is -0.490 e. The maximum absolute atomic E-state index is 13.2. The third-order valence-electron chi connectivity index (χ3n) is 5.03. The highest BCUT2D eigenvalue weighted by molar-refractivity contribution is 6.05. The maximum atomic E-state index is 13.2. The van der Waals surface area contributed by atoms with E-state index >= 15 is 0 Å². The van der Waals surface area contributed by atoms with Crippen LogP contribution in [0.2, 0.25) is 0 Å². The van der Waals surface area contributed by atoms with Gasteiger partial charge in [0.1, 0.15) is 0 Å². The van der Waals surface area contributed by atoms with Crippen molar-refractivity contribution < 1.29 is 14.3 Å². The first-order valence-corrected chi connectivity index (χ1v) is 9.75.